The van der Waals surface area contributed by atoms with Crippen LogP contribution in [0, 0.1) is 0 Å². The van der Waals surface area contributed by atoms with Crippen LogP contribution in [-0.4, -0.2) is 29.1 Å². The molecule has 0 unspecified atom stereocenters. The molecule has 0 aliphatic heterocycles. The fraction of sp³-hybridized carbons (Fsp3) is 0.250. The number of benzene rings is 1. The Morgan fingerprint density at radius 2 is 2.00 bits per heavy atom. The highest BCUT2D eigenvalue weighted by Gasteiger charge is 2.06. The molecule has 0 aliphatic carbocycles. The molecular weight excluding hydrogens is 224 g/mol. The SMILES string of the molecule is CN(C)Cc1ccc(O)c2ncccc12.Cl. The summed E-state index contributed by atoms with van der Waals surface area (Å²) in [5, 5.41) is 10.7. The molecule has 1 aromatic heterocycles. The van der Waals surface area contributed by atoms with E-state index in [0.29, 0.717) is 5.52 Å². The van der Waals surface area contributed by atoms with Gasteiger partial charge in [0.15, 0.2) is 0 Å². The van der Waals surface area contributed by atoms with Crippen LogP contribution in [0.25, 0.3) is 10.9 Å². The molecule has 1 heterocycles. The number of halogens is 1. The fourth-order valence-electron chi connectivity index (χ4n) is 1.70. The Morgan fingerprint density at radius 1 is 1.25 bits per heavy atom. The van der Waals surface area contributed by atoms with Crippen molar-refractivity contribution in [1.82, 2.24) is 9.88 Å². The average molecular weight is 239 g/mol. The summed E-state index contributed by atoms with van der Waals surface area (Å²) >= 11 is 0. The Kier molecular flexibility index (Phi) is 4.10. The lowest BCUT2D eigenvalue weighted by Gasteiger charge is -2.12. The summed E-state index contributed by atoms with van der Waals surface area (Å²) in [6.45, 7) is 0.850. The minimum Gasteiger partial charge on any atom is -0.506 e. The summed E-state index contributed by atoms with van der Waals surface area (Å²) in [6.07, 6.45) is 1.70. The van der Waals surface area contributed by atoms with E-state index in [1.807, 2.05) is 32.3 Å². The highest BCUT2D eigenvalue weighted by atomic mass is 35.5. The van der Waals surface area contributed by atoms with Gasteiger partial charge in [0.1, 0.15) is 11.3 Å². The van der Waals surface area contributed by atoms with Crippen molar-refractivity contribution in [3.05, 3.63) is 36.0 Å². The molecule has 0 saturated heterocycles. The maximum atomic E-state index is 9.65. The lowest BCUT2D eigenvalue weighted by molar-refractivity contribution is 0.403. The van der Waals surface area contributed by atoms with E-state index in [0.717, 1.165) is 11.9 Å². The van der Waals surface area contributed by atoms with E-state index in [-0.39, 0.29) is 18.2 Å². The molecule has 1 aromatic carbocycles. The van der Waals surface area contributed by atoms with Crippen LogP contribution in [0.2, 0.25) is 0 Å². The normalized spacial score (nSPS) is 10.4. The number of phenolic OH excluding ortho intramolecular Hbond substituents is 1. The molecule has 1 N–H and O–H groups in total. The molecular formula is C12H15ClN2O. The van der Waals surface area contributed by atoms with E-state index in [1.54, 1.807) is 12.3 Å². The van der Waals surface area contributed by atoms with Gasteiger partial charge in [0.25, 0.3) is 0 Å². The first kappa shape index (κ1) is 12.7. The van der Waals surface area contributed by atoms with E-state index in [1.165, 1.54) is 5.56 Å². The van der Waals surface area contributed by atoms with Gasteiger partial charge in [0, 0.05) is 18.1 Å². The van der Waals surface area contributed by atoms with Gasteiger partial charge in [-0.15, -0.1) is 12.4 Å². The quantitative estimate of drug-likeness (QED) is 0.873. The average Bonchev–Trinajstić information content (AvgIpc) is 2.22. The lowest BCUT2D eigenvalue weighted by atomic mass is 10.1. The maximum Gasteiger partial charge on any atom is 0.141 e. The zero-order valence-electron chi connectivity index (χ0n) is 9.34. The Bertz CT molecular complexity index is 485. The highest BCUT2D eigenvalue weighted by molar-refractivity contribution is 5.87. The van der Waals surface area contributed by atoms with Crippen molar-refractivity contribution in [1.29, 1.82) is 0 Å². The molecule has 2 aromatic rings. The van der Waals surface area contributed by atoms with Crippen LogP contribution >= 0.6 is 12.4 Å². The smallest absolute Gasteiger partial charge is 0.141 e. The molecule has 0 fully saturated rings. The molecule has 0 amide bonds. The van der Waals surface area contributed by atoms with Gasteiger partial charge in [-0.1, -0.05) is 12.1 Å². The third-order valence-electron chi connectivity index (χ3n) is 2.33. The number of rotatable bonds is 2. The summed E-state index contributed by atoms with van der Waals surface area (Å²) in [5.74, 6) is 0.244. The lowest BCUT2D eigenvalue weighted by Crippen LogP contribution is -2.10. The predicted octanol–water partition coefficient (Wildman–Crippen LogP) is 2.42. The van der Waals surface area contributed by atoms with Crippen molar-refractivity contribution in [2.45, 2.75) is 6.54 Å². The number of phenols is 1. The molecule has 3 nitrogen and oxygen atoms in total. The Morgan fingerprint density at radius 3 is 2.69 bits per heavy atom. The van der Waals surface area contributed by atoms with Crippen LogP contribution in [0.3, 0.4) is 0 Å². The van der Waals surface area contributed by atoms with Gasteiger partial charge in [-0.25, -0.2) is 0 Å². The van der Waals surface area contributed by atoms with E-state index in [2.05, 4.69) is 9.88 Å². The summed E-state index contributed by atoms with van der Waals surface area (Å²) in [5.41, 5.74) is 1.86. The van der Waals surface area contributed by atoms with E-state index in [9.17, 15) is 5.11 Å². The first-order valence-corrected chi connectivity index (χ1v) is 4.89. The summed E-state index contributed by atoms with van der Waals surface area (Å²) in [4.78, 5) is 6.28. The number of hydrogen-bond acceptors (Lipinski definition) is 3. The Balaban J connectivity index is 0.00000128. The van der Waals surface area contributed by atoms with Gasteiger partial charge in [-0.2, -0.15) is 0 Å². The molecule has 0 saturated carbocycles. The number of nitrogens with zero attached hydrogens (tertiary/aromatic N) is 2. The van der Waals surface area contributed by atoms with Crippen molar-refractivity contribution in [2.24, 2.45) is 0 Å². The third-order valence-corrected chi connectivity index (χ3v) is 2.33. The first-order valence-electron chi connectivity index (χ1n) is 4.89. The van der Waals surface area contributed by atoms with Gasteiger partial charge in [0.2, 0.25) is 0 Å². The molecule has 2 rings (SSSR count). The number of aromatic hydroxyl groups is 1. The second kappa shape index (κ2) is 5.14. The van der Waals surface area contributed by atoms with Crippen LogP contribution in [0.1, 0.15) is 5.56 Å². The number of fused-ring (bicyclic) bond motifs is 1. The first-order chi connectivity index (χ1) is 7.18. The molecule has 86 valence electrons. The summed E-state index contributed by atoms with van der Waals surface area (Å²) in [6, 6.07) is 7.52. The van der Waals surface area contributed by atoms with Gasteiger partial charge in [-0.05, 0) is 31.8 Å². The predicted molar refractivity (Wildman–Crippen MR) is 68.0 cm³/mol. The van der Waals surface area contributed by atoms with Crippen molar-refractivity contribution < 1.29 is 5.11 Å². The van der Waals surface area contributed by atoms with E-state index < -0.39 is 0 Å². The molecule has 4 heteroatoms. The Labute approximate surface area is 101 Å². The van der Waals surface area contributed by atoms with Crippen molar-refractivity contribution in [2.75, 3.05) is 14.1 Å². The minimum absolute atomic E-state index is 0. The molecule has 0 spiro atoms. The van der Waals surface area contributed by atoms with Gasteiger partial charge in [0.05, 0.1) is 0 Å². The van der Waals surface area contributed by atoms with Crippen LogP contribution in [0.5, 0.6) is 5.75 Å². The third kappa shape index (κ3) is 2.43. The van der Waals surface area contributed by atoms with Crippen LogP contribution in [-0.2, 0) is 6.54 Å². The number of hydrogen-bond donors (Lipinski definition) is 1. The zero-order chi connectivity index (χ0) is 10.8. The van der Waals surface area contributed by atoms with Crippen LogP contribution in [0.4, 0.5) is 0 Å². The molecule has 0 radical (unpaired) electrons. The van der Waals surface area contributed by atoms with E-state index >= 15 is 0 Å². The fourth-order valence-corrected chi connectivity index (χ4v) is 1.70. The summed E-state index contributed by atoms with van der Waals surface area (Å²) in [7, 11) is 4.05. The monoisotopic (exact) mass is 238 g/mol. The zero-order valence-corrected chi connectivity index (χ0v) is 10.2. The van der Waals surface area contributed by atoms with Crippen molar-refractivity contribution >= 4 is 23.3 Å². The standard InChI is InChI=1S/C12H14N2O.ClH/c1-14(2)8-9-5-6-11(15)12-10(9)4-3-7-13-12;/h3-7,15H,8H2,1-2H3;1H. The summed E-state index contributed by atoms with van der Waals surface area (Å²) < 4.78 is 0. The topological polar surface area (TPSA) is 36.4 Å². The van der Waals surface area contributed by atoms with Gasteiger partial charge in [-0.3, -0.25) is 4.98 Å². The maximum absolute atomic E-state index is 9.65. The largest absolute Gasteiger partial charge is 0.506 e. The molecule has 0 aliphatic rings. The molecule has 0 atom stereocenters. The van der Waals surface area contributed by atoms with Crippen LogP contribution in [0.15, 0.2) is 30.5 Å². The minimum atomic E-state index is 0. The van der Waals surface area contributed by atoms with Gasteiger partial charge < -0.3 is 10.0 Å². The van der Waals surface area contributed by atoms with E-state index in [4.69, 9.17) is 0 Å². The Hall–Kier alpha value is -1.32. The van der Waals surface area contributed by atoms with Gasteiger partial charge >= 0.3 is 0 Å². The van der Waals surface area contributed by atoms with Crippen LogP contribution < -0.4 is 0 Å². The number of aromatic nitrogens is 1. The second-order valence-corrected chi connectivity index (χ2v) is 3.88. The molecule has 16 heavy (non-hydrogen) atoms. The van der Waals surface area contributed by atoms with Crippen molar-refractivity contribution in [3.8, 4) is 5.75 Å². The highest BCUT2D eigenvalue weighted by Crippen LogP contribution is 2.25. The molecule has 0 bridgehead atoms. The number of pyridine rings is 1. The van der Waals surface area contributed by atoms with Crippen molar-refractivity contribution in [3.63, 3.8) is 0 Å². The second-order valence-electron chi connectivity index (χ2n) is 3.88.